The molecule has 1 atom stereocenters. The molecule has 1 aliphatic carbocycles. The molecule has 0 radical (unpaired) electrons. The highest BCUT2D eigenvalue weighted by Gasteiger charge is 2.40. The first-order valence-electron chi connectivity index (χ1n) is 9.17. The van der Waals surface area contributed by atoms with Crippen molar-refractivity contribution in [3.05, 3.63) is 0 Å². The minimum Gasteiger partial charge on any atom is -0.352 e. The van der Waals surface area contributed by atoms with Crippen molar-refractivity contribution in [1.82, 2.24) is 15.1 Å². The minimum absolute atomic E-state index is 0.0638. The van der Waals surface area contributed by atoms with Crippen LogP contribution in [-0.4, -0.2) is 67.7 Å². The average Bonchev–Trinajstić information content (AvgIpc) is 3.12. The van der Waals surface area contributed by atoms with E-state index in [1.165, 1.54) is 43.4 Å². The van der Waals surface area contributed by atoms with E-state index in [4.69, 9.17) is 0 Å². The predicted octanol–water partition coefficient (Wildman–Crippen LogP) is 2.85. The Morgan fingerprint density at radius 2 is 1.92 bits per heavy atom. The minimum atomic E-state index is -4.11. The van der Waals surface area contributed by atoms with Crippen molar-refractivity contribution >= 4 is 5.96 Å². The molecule has 1 N–H and O–H groups in total. The molecule has 24 heavy (non-hydrogen) atoms. The number of alkyl halides is 3. The fourth-order valence-corrected chi connectivity index (χ4v) is 4.65. The molecule has 3 aliphatic rings. The fourth-order valence-electron chi connectivity index (χ4n) is 4.65. The van der Waals surface area contributed by atoms with Gasteiger partial charge in [0.2, 0.25) is 0 Å². The Morgan fingerprint density at radius 1 is 1.17 bits per heavy atom. The van der Waals surface area contributed by atoms with Gasteiger partial charge in [-0.25, -0.2) is 0 Å². The van der Waals surface area contributed by atoms with Gasteiger partial charge in [0.1, 0.15) is 0 Å². The highest BCUT2D eigenvalue weighted by molar-refractivity contribution is 5.80. The summed E-state index contributed by atoms with van der Waals surface area (Å²) in [7, 11) is 1.77. The first kappa shape index (κ1) is 17.8. The monoisotopic (exact) mass is 346 g/mol. The fraction of sp³-hybridized carbons (Fsp3) is 0.941. The van der Waals surface area contributed by atoms with Crippen LogP contribution in [0.25, 0.3) is 0 Å². The third-order valence-electron chi connectivity index (χ3n) is 5.87. The molecule has 138 valence electrons. The molecule has 2 aliphatic heterocycles. The summed E-state index contributed by atoms with van der Waals surface area (Å²) in [6.45, 7) is 2.19. The lowest BCUT2D eigenvalue weighted by Gasteiger charge is -2.34. The molecule has 0 aromatic heterocycles. The van der Waals surface area contributed by atoms with E-state index in [1.54, 1.807) is 7.05 Å². The molecular weight excluding hydrogens is 317 g/mol. The summed E-state index contributed by atoms with van der Waals surface area (Å²) in [4.78, 5) is 8.20. The van der Waals surface area contributed by atoms with Gasteiger partial charge < -0.3 is 10.2 Å². The van der Waals surface area contributed by atoms with Crippen LogP contribution >= 0.6 is 0 Å². The van der Waals surface area contributed by atoms with E-state index in [1.807, 2.05) is 0 Å². The zero-order valence-corrected chi connectivity index (χ0v) is 14.5. The van der Waals surface area contributed by atoms with Crippen LogP contribution in [0.3, 0.4) is 0 Å². The van der Waals surface area contributed by atoms with Crippen LogP contribution in [0.5, 0.6) is 0 Å². The Kier molecular flexibility index (Phi) is 5.27. The van der Waals surface area contributed by atoms with E-state index in [2.05, 4.69) is 15.2 Å². The summed E-state index contributed by atoms with van der Waals surface area (Å²) in [6, 6.07) is 0.0638. The molecule has 7 heteroatoms. The molecule has 0 aromatic rings. The summed E-state index contributed by atoms with van der Waals surface area (Å²) in [6.07, 6.45) is 4.48. The number of halogens is 3. The van der Waals surface area contributed by atoms with Gasteiger partial charge in [0, 0.05) is 39.3 Å². The number of nitrogens with zero attached hydrogens (tertiary/aromatic N) is 3. The third-order valence-corrected chi connectivity index (χ3v) is 5.87. The largest absolute Gasteiger partial charge is 0.401 e. The lowest BCUT2D eigenvalue weighted by atomic mass is 9.73. The lowest BCUT2D eigenvalue weighted by molar-refractivity contribution is -0.143. The Hall–Kier alpha value is -0.980. The van der Waals surface area contributed by atoms with Gasteiger partial charge in [-0.2, -0.15) is 13.2 Å². The molecule has 0 bridgehead atoms. The Labute approximate surface area is 142 Å². The van der Waals surface area contributed by atoms with Crippen molar-refractivity contribution < 1.29 is 13.2 Å². The Morgan fingerprint density at radius 3 is 2.58 bits per heavy atom. The zero-order valence-electron chi connectivity index (χ0n) is 14.5. The molecule has 3 rings (SSSR count). The van der Waals surface area contributed by atoms with Crippen molar-refractivity contribution in [3.8, 4) is 0 Å². The SMILES string of the molecule is CN=C(NC1CCN(CC(F)(F)F)C1)N1CCC2(CCCCC2)C1. The second kappa shape index (κ2) is 7.10. The maximum absolute atomic E-state index is 12.5. The maximum Gasteiger partial charge on any atom is 0.401 e. The highest BCUT2D eigenvalue weighted by atomic mass is 19.4. The van der Waals surface area contributed by atoms with Crippen molar-refractivity contribution in [3.63, 3.8) is 0 Å². The second-order valence-corrected chi connectivity index (χ2v) is 7.76. The van der Waals surface area contributed by atoms with Gasteiger partial charge in [-0.1, -0.05) is 19.3 Å². The third kappa shape index (κ3) is 4.35. The van der Waals surface area contributed by atoms with Gasteiger partial charge in [0.15, 0.2) is 5.96 Å². The molecule has 0 amide bonds. The van der Waals surface area contributed by atoms with Gasteiger partial charge >= 0.3 is 6.18 Å². The lowest BCUT2D eigenvalue weighted by Crippen LogP contribution is -2.47. The number of rotatable bonds is 2. The standard InChI is InChI=1S/C17H29F3N4/c1-21-15(22-14-5-9-23(11-14)13-17(18,19)20)24-10-8-16(12-24)6-3-2-4-7-16/h14H,2-13H2,1H3,(H,21,22). The van der Waals surface area contributed by atoms with Crippen LogP contribution in [0.4, 0.5) is 13.2 Å². The van der Waals surface area contributed by atoms with Crippen molar-refractivity contribution in [2.45, 2.75) is 57.2 Å². The summed E-state index contributed by atoms with van der Waals surface area (Å²) in [5.41, 5.74) is 0.452. The van der Waals surface area contributed by atoms with Gasteiger partial charge in [0.05, 0.1) is 6.54 Å². The molecule has 2 heterocycles. The first-order valence-corrected chi connectivity index (χ1v) is 9.17. The number of hydrogen-bond donors (Lipinski definition) is 1. The molecule has 2 saturated heterocycles. The van der Waals surface area contributed by atoms with Crippen LogP contribution in [0.1, 0.15) is 44.9 Å². The second-order valence-electron chi connectivity index (χ2n) is 7.76. The first-order chi connectivity index (χ1) is 11.4. The summed E-state index contributed by atoms with van der Waals surface area (Å²) in [5, 5.41) is 3.41. The Balaban J connectivity index is 1.51. The Bertz CT molecular complexity index is 457. The van der Waals surface area contributed by atoms with E-state index in [0.29, 0.717) is 18.5 Å². The number of aliphatic imine (C=N–C) groups is 1. The van der Waals surface area contributed by atoms with Gasteiger partial charge in [0.25, 0.3) is 0 Å². The van der Waals surface area contributed by atoms with E-state index >= 15 is 0 Å². The van der Waals surface area contributed by atoms with Crippen LogP contribution in [0.2, 0.25) is 0 Å². The van der Waals surface area contributed by atoms with Crippen LogP contribution in [0.15, 0.2) is 4.99 Å². The molecule has 3 fully saturated rings. The van der Waals surface area contributed by atoms with E-state index in [-0.39, 0.29) is 6.04 Å². The van der Waals surface area contributed by atoms with E-state index in [0.717, 1.165) is 25.5 Å². The number of likely N-dealkylation sites (tertiary alicyclic amines) is 2. The van der Waals surface area contributed by atoms with Gasteiger partial charge in [-0.3, -0.25) is 9.89 Å². The molecule has 4 nitrogen and oxygen atoms in total. The number of nitrogens with one attached hydrogen (secondary N) is 1. The van der Waals surface area contributed by atoms with E-state index in [9.17, 15) is 13.2 Å². The summed E-state index contributed by atoms with van der Waals surface area (Å²) < 4.78 is 37.6. The van der Waals surface area contributed by atoms with Crippen LogP contribution in [0, 0.1) is 5.41 Å². The molecule has 1 spiro atoms. The normalized spacial score (nSPS) is 28.8. The summed E-state index contributed by atoms with van der Waals surface area (Å²) >= 11 is 0. The van der Waals surface area contributed by atoms with Crippen molar-refractivity contribution in [2.75, 3.05) is 39.8 Å². The average molecular weight is 346 g/mol. The highest BCUT2D eigenvalue weighted by Crippen LogP contribution is 2.43. The number of hydrogen-bond acceptors (Lipinski definition) is 2. The van der Waals surface area contributed by atoms with Crippen LogP contribution in [-0.2, 0) is 0 Å². The molecule has 1 saturated carbocycles. The topological polar surface area (TPSA) is 30.9 Å². The van der Waals surface area contributed by atoms with Gasteiger partial charge in [-0.15, -0.1) is 0 Å². The van der Waals surface area contributed by atoms with Gasteiger partial charge in [-0.05, 0) is 31.1 Å². The molecule has 1 unspecified atom stereocenters. The smallest absolute Gasteiger partial charge is 0.352 e. The quantitative estimate of drug-likeness (QED) is 0.616. The zero-order chi connectivity index (χ0) is 17.2. The molecule has 0 aromatic carbocycles. The van der Waals surface area contributed by atoms with Crippen molar-refractivity contribution in [1.29, 1.82) is 0 Å². The van der Waals surface area contributed by atoms with Crippen molar-refractivity contribution in [2.24, 2.45) is 10.4 Å². The maximum atomic E-state index is 12.5. The summed E-state index contributed by atoms with van der Waals surface area (Å²) in [5.74, 6) is 0.872. The van der Waals surface area contributed by atoms with Crippen LogP contribution < -0.4 is 5.32 Å². The molecular formula is C17H29F3N4. The number of guanidine groups is 1. The predicted molar refractivity (Wildman–Crippen MR) is 89.1 cm³/mol. The van der Waals surface area contributed by atoms with E-state index < -0.39 is 12.7 Å².